The van der Waals surface area contributed by atoms with E-state index in [2.05, 4.69) is 4.42 Å². The lowest BCUT2D eigenvalue weighted by Crippen LogP contribution is -2.16. The highest BCUT2D eigenvalue weighted by molar-refractivity contribution is 5.68. The van der Waals surface area contributed by atoms with E-state index < -0.39 is 5.43 Å². The zero-order chi connectivity index (χ0) is 8.59. The number of hydrogen-bond acceptors (Lipinski definition) is 6. The van der Waals surface area contributed by atoms with Crippen LogP contribution in [0.5, 0.6) is 0 Å². The molecule has 0 saturated carbocycles. The first kappa shape index (κ1) is 7.26. The maximum atomic E-state index is 10.9. The Kier molecular flexibility index (Phi) is 1.37. The van der Waals surface area contributed by atoms with Gasteiger partial charge < -0.3 is 27.4 Å². The highest BCUT2D eigenvalue weighted by Crippen LogP contribution is 2.18. The first-order valence-electron chi connectivity index (χ1n) is 2.77. The van der Waals surface area contributed by atoms with Gasteiger partial charge in [0.1, 0.15) is 11.4 Å². The number of nitrogen functional groups attached to an aromatic ring is 4. The van der Waals surface area contributed by atoms with E-state index in [1.807, 2.05) is 0 Å². The van der Waals surface area contributed by atoms with E-state index in [1.165, 1.54) is 0 Å². The molecule has 60 valence electrons. The second kappa shape index (κ2) is 2.08. The highest BCUT2D eigenvalue weighted by Gasteiger charge is 2.09. The molecular formula is C5H8N4O2. The zero-order valence-electron chi connectivity index (χ0n) is 5.63. The van der Waals surface area contributed by atoms with Crippen molar-refractivity contribution in [1.82, 2.24) is 0 Å². The lowest BCUT2D eigenvalue weighted by atomic mass is 10.3. The number of rotatable bonds is 0. The second-order valence-electron chi connectivity index (χ2n) is 1.99. The Labute approximate surface area is 61.8 Å². The van der Waals surface area contributed by atoms with Crippen molar-refractivity contribution < 1.29 is 4.42 Å². The van der Waals surface area contributed by atoms with Gasteiger partial charge in [-0.2, -0.15) is 0 Å². The van der Waals surface area contributed by atoms with Gasteiger partial charge in [-0.3, -0.25) is 4.79 Å². The normalized spacial score (nSPS) is 9.82. The van der Waals surface area contributed by atoms with Crippen LogP contribution < -0.4 is 28.4 Å². The summed E-state index contributed by atoms with van der Waals surface area (Å²) in [5.74, 6) is -0.414. The van der Waals surface area contributed by atoms with Crippen molar-refractivity contribution in [2.45, 2.75) is 0 Å². The van der Waals surface area contributed by atoms with Crippen LogP contribution in [0.15, 0.2) is 9.21 Å². The van der Waals surface area contributed by atoms with Crippen molar-refractivity contribution in [3.8, 4) is 0 Å². The number of nitrogens with two attached hydrogens (primary N) is 4. The molecule has 0 aliphatic heterocycles. The van der Waals surface area contributed by atoms with Crippen LogP contribution >= 0.6 is 0 Å². The molecule has 0 bridgehead atoms. The van der Waals surface area contributed by atoms with Crippen molar-refractivity contribution in [3.05, 3.63) is 10.2 Å². The largest absolute Gasteiger partial charge is 0.421 e. The molecule has 6 nitrogen and oxygen atoms in total. The van der Waals surface area contributed by atoms with E-state index in [0.29, 0.717) is 0 Å². The van der Waals surface area contributed by atoms with E-state index in [9.17, 15) is 4.79 Å². The molecule has 0 saturated heterocycles. The van der Waals surface area contributed by atoms with Gasteiger partial charge in [-0.15, -0.1) is 0 Å². The Balaban J connectivity index is 3.59. The summed E-state index contributed by atoms with van der Waals surface area (Å²) in [6.45, 7) is 0. The predicted octanol–water partition coefficient (Wildman–Crippen LogP) is -1.03. The Morgan fingerprint density at radius 1 is 0.909 bits per heavy atom. The molecule has 1 aromatic rings. The molecular weight excluding hydrogens is 148 g/mol. The topological polar surface area (TPSA) is 134 Å². The molecule has 1 aromatic heterocycles. The number of hydrogen-bond donors (Lipinski definition) is 4. The minimum atomic E-state index is -0.591. The molecule has 0 fully saturated rings. The van der Waals surface area contributed by atoms with Gasteiger partial charge in [0, 0.05) is 0 Å². The fraction of sp³-hybridized carbons (Fsp3) is 0. The van der Waals surface area contributed by atoms with Crippen LogP contribution in [0.25, 0.3) is 0 Å². The Hall–Kier alpha value is -1.85. The highest BCUT2D eigenvalue weighted by atomic mass is 16.4. The van der Waals surface area contributed by atoms with E-state index in [4.69, 9.17) is 22.9 Å². The fourth-order valence-electron chi connectivity index (χ4n) is 0.597. The summed E-state index contributed by atoms with van der Waals surface area (Å²) in [5, 5.41) is 0. The Bertz CT molecular complexity index is 314. The standard InChI is InChI=1S/C5H8N4O2/c6-1-3(10)2(7)5(9)11-4(1)8/h6-9H2. The molecule has 0 spiro atoms. The Morgan fingerprint density at radius 3 is 1.64 bits per heavy atom. The maximum Gasteiger partial charge on any atom is 0.235 e. The van der Waals surface area contributed by atoms with Gasteiger partial charge in [-0.05, 0) is 0 Å². The van der Waals surface area contributed by atoms with Gasteiger partial charge in [-0.1, -0.05) is 0 Å². The molecule has 8 N–H and O–H groups in total. The van der Waals surface area contributed by atoms with Gasteiger partial charge in [0.15, 0.2) is 0 Å². The van der Waals surface area contributed by atoms with Crippen molar-refractivity contribution in [2.75, 3.05) is 22.9 Å². The summed E-state index contributed by atoms with van der Waals surface area (Å²) < 4.78 is 4.63. The van der Waals surface area contributed by atoms with Gasteiger partial charge in [0.25, 0.3) is 0 Å². The van der Waals surface area contributed by atoms with E-state index in [-0.39, 0.29) is 23.1 Å². The van der Waals surface area contributed by atoms with Crippen LogP contribution in [0, 0.1) is 0 Å². The molecule has 0 aromatic carbocycles. The second-order valence-corrected chi connectivity index (χ2v) is 1.99. The van der Waals surface area contributed by atoms with Gasteiger partial charge in [0.2, 0.25) is 17.2 Å². The third-order valence-corrected chi connectivity index (χ3v) is 1.24. The molecule has 0 aliphatic rings. The summed E-state index contributed by atoms with van der Waals surface area (Å²) >= 11 is 0. The van der Waals surface area contributed by atoms with Crippen LogP contribution in [-0.4, -0.2) is 0 Å². The quantitative estimate of drug-likeness (QED) is 0.379. The lowest BCUT2D eigenvalue weighted by Gasteiger charge is -2.01. The summed E-state index contributed by atoms with van der Waals surface area (Å²) in [7, 11) is 0. The summed E-state index contributed by atoms with van der Waals surface area (Å²) in [4.78, 5) is 10.9. The molecule has 0 radical (unpaired) electrons. The minimum Gasteiger partial charge on any atom is -0.421 e. The molecule has 0 amide bonds. The fourth-order valence-corrected chi connectivity index (χ4v) is 0.597. The van der Waals surface area contributed by atoms with Crippen molar-refractivity contribution >= 4 is 23.1 Å². The van der Waals surface area contributed by atoms with Crippen molar-refractivity contribution in [1.29, 1.82) is 0 Å². The van der Waals surface area contributed by atoms with Gasteiger partial charge in [-0.25, -0.2) is 0 Å². The third kappa shape index (κ3) is 0.936. The monoisotopic (exact) mass is 156 g/mol. The third-order valence-electron chi connectivity index (χ3n) is 1.24. The Morgan fingerprint density at radius 2 is 1.27 bits per heavy atom. The average molecular weight is 156 g/mol. The first-order chi connectivity index (χ1) is 5.04. The van der Waals surface area contributed by atoms with E-state index >= 15 is 0 Å². The van der Waals surface area contributed by atoms with Crippen LogP contribution in [0.3, 0.4) is 0 Å². The summed E-state index contributed by atoms with van der Waals surface area (Å²) in [5.41, 5.74) is 19.7. The molecule has 1 heterocycles. The molecule has 1 rings (SSSR count). The van der Waals surface area contributed by atoms with Crippen LogP contribution in [0.1, 0.15) is 0 Å². The number of anilines is 4. The lowest BCUT2D eigenvalue weighted by molar-refractivity contribution is 0.596. The minimum absolute atomic E-state index is 0.207. The first-order valence-corrected chi connectivity index (χ1v) is 2.77. The van der Waals surface area contributed by atoms with E-state index in [0.717, 1.165) is 0 Å². The molecule has 0 atom stereocenters. The maximum absolute atomic E-state index is 10.9. The summed E-state index contributed by atoms with van der Waals surface area (Å²) in [6, 6.07) is 0. The van der Waals surface area contributed by atoms with Gasteiger partial charge >= 0.3 is 0 Å². The smallest absolute Gasteiger partial charge is 0.235 e. The zero-order valence-corrected chi connectivity index (χ0v) is 5.63. The summed E-state index contributed by atoms with van der Waals surface area (Å²) in [6.07, 6.45) is 0. The van der Waals surface area contributed by atoms with Crippen molar-refractivity contribution in [3.63, 3.8) is 0 Å². The SMILES string of the molecule is Nc1oc(N)c(N)c(=O)c1N. The van der Waals surface area contributed by atoms with E-state index in [1.54, 1.807) is 0 Å². The molecule has 0 aliphatic carbocycles. The van der Waals surface area contributed by atoms with Crippen molar-refractivity contribution in [2.24, 2.45) is 0 Å². The molecule has 0 unspecified atom stereocenters. The average Bonchev–Trinajstić information content (AvgIpc) is 1.97. The van der Waals surface area contributed by atoms with Gasteiger partial charge in [0.05, 0.1) is 0 Å². The van der Waals surface area contributed by atoms with Crippen LogP contribution in [0.4, 0.5) is 23.1 Å². The molecule has 6 heteroatoms. The van der Waals surface area contributed by atoms with Crippen LogP contribution in [-0.2, 0) is 0 Å². The predicted molar refractivity (Wildman–Crippen MR) is 42.6 cm³/mol. The van der Waals surface area contributed by atoms with Crippen LogP contribution in [0.2, 0.25) is 0 Å². The molecule has 11 heavy (non-hydrogen) atoms.